The van der Waals surface area contributed by atoms with Crippen LogP contribution in [0.4, 0.5) is 0 Å². The zero-order chi connectivity index (χ0) is 50.6. The van der Waals surface area contributed by atoms with E-state index in [9.17, 15) is 19.0 Å². The van der Waals surface area contributed by atoms with E-state index in [-0.39, 0.29) is 26.1 Å². The number of allylic oxidation sites excluding steroid dienone is 20. The number of carbonyl (C=O) groups is 2. The summed E-state index contributed by atoms with van der Waals surface area (Å²) >= 11 is 0. The van der Waals surface area contributed by atoms with E-state index < -0.39 is 32.5 Å². The maximum atomic E-state index is 12.8. The molecule has 0 aromatic carbocycles. The minimum Gasteiger partial charge on any atom is -0.756 e. The number of hydrogen-bond donors (Lipinski definition) is 0. The number of hydrogen-bond acceptors (Lipinski definition) is 8. The van der Waals surface area contributed by atoms with Crippen molar-refractivity contribution < 1.29 is 42.1 Å². The zero-order valence-corrected chi connectivity index (χ0v) is 45.1. The van der Waals surface area contributed by atoms with E-state index in [4.69, 9.17) is 18.5 Å². The van der Waals surface area contributed by atoms with E-state index in [2.05, 4.69) is 135 Å². The summed E-state index contributed by atoms with van der Waals surface area (Å²) in [6, 6.07) is 0. The Balaban J connectivity index is 4.27. The molecule has 0 amide bonds. The third kappa shape index (κ3) is 53.6. The molecule has 0 N–H and O–H groups in total. The van der Waals surface area contributed by atoms with E-state index in [1.54, 1.807) is 0 Å². The quantitative estimate of drug-likeness (QED) is 0.0195. The molecule has 0 aliphatic carbocycles. The topological polar surface area (TPSA) is 111 Å². The number of unbranched alkanes of at least 4 members (excludes halogenated alkanes) is 13. The standard InChI is InChI=1S/C59H98NO8P/c1-6-8-10-12-14-16-18-20-22-23-24-25-26-27-28-29-30-31-32-33-34-35-36-37-38-40-42-44-46-48-50-52-59(62)68-57(56-67-69(63,64)66-54-53-60(3,4)5)55-65-58(61)51-49-47-45-43-41-39-21-19-17-15-13-11-9-7-2/h8,10,13-16,19-22,24-25,27-28,30-31,33-34,36-37,57H,6-7,9,11-12,17-18,23,26,29,32,35,38-56H2,1-5H3/b10-8-,15-13-,16-14-,21-19-,22-20-,25-24-,28-27-,31-30-,34-33-,37-36-. The molecule has 10 heteroatoms. The minimum atomic E-state index is -4.65. The number of rotatable bonds is 47. The van der Waals surface area contributed by atoms with Gasteiger partial charge in [0, 0.05) is 12.8 Å². The number of phosphoric acid groups is 1. The molecular formula is C59H98NO8P. The molecular weight excluding hydrogens is 882 g/mol. The van der Waals surface area contributed by atoms with Crippen LogP contribution in [0.2, 0.25) is 0 Å². The Hall–Kier alpha value is -3.59. The lowest BCUT2D eigenvalue weighted by molar-refractivity contribution is -0.870. The second-order valence-corrected chi connectivity index (χ2v) is 19.9. The predicted molar refractivity (Wildman–Crippen MR) is 291 cm³/mol. The average Bonchev–Trinajstić information content (AvgIpc) is 3.31. The van der Waals surface area contributed by atoms with Crippen LogP contribution in [-0.4, -0.2) is 70.0 Å². The van der Waals surface area contributed by atoms with Gasteiger partial charge in [0.15, 0.2) is 6.10 Å². The summed E-state index contributed by atoms with van der Waals surface area (Å²) < 4.78 is 34.0. The largest absolute Gasteiger partial charge is 0.756 e. The Bertz CT molecular complexity index is 1580. The molecule has 392 valence electrons. The minimum absolute atomic E-state index is 0.0433. The number of esters is 2. The summed E-state index contributed by atoms with van der Waals surface area (Å²) in [5, 5.41) is 0. The molecule has 0 saturated heterocycles. The van der Waals surface area contributed by atoms with Crippen molar-refractivity contribution >= 4 is 19.8 Å². The van der Waals surface area contributed by atoms with E-state index >= 15 is 0 Å². The molecule has 2 atom stereocenters. The van der Waals surface area contributed by atoms with Gasteiger partial charge in [0.2, 0.25) is 0 Å². The van der Waals surface area contributed by atoms with Crippen LogP contribution in [0, 0.1) is 0 Å². The van der Waals surface area contributed by atoms with Crippen molar-refractivity contribution in [2.75, 3.05) is 47.5 Å². The van der Waals surface area contributed by atoms with Gasteiger partial charge in [-0.15, -0.1) is 0 Å². The van der Waals surface area contributed by atoms with Crippen LogP contribution >= 0.6 is 7.82 Å². The fourth-order valence-electron chi connectivity index (χ4n) is 6.57. The summed E-state index contributed by atoms with van der Waals surface area (Å²) in [5.41, 5.74) is 0. The molecule has 0 spiro atoms. The van der Waals surface area contributed by atoms with Crippen LogP contribution in [0.3, 0.4) is 0 Å². The van der Waals surface area contributed by atoms with Crippen LogP contribution in [0.25, 0.3) is 0 Å². The molecule has 0 rings (SSSR count). The number of likely N-dealkylation sites (N-methyl/N-ethyl adjacent to an activating group) is 1. The van der Waals surface area contributed by atoms with Gasteiger partial charge < -0.3 is 27.9 Å². The first-order chi connectivity index (χ1) is 33.5. The van der Waals surface area contributed by atoms with Gasteiger partial charge in [0.05, 0.1) is 27.7 Å². The van der Waals surface area contributed by atoms with Crippen molar-refractivity contribution in [1.29, 1.82) is 0 Å². The Morgan fingerprint density at radius 2 is 0.826 bits per heavy atom. The number of nitrogens with zero attached hydrogens (tertiary/aromatic N) is 1. The lowest BCUT2D eigenvalue weighted by atomic mass is 10.1. The molecule has 0 aromatic rings. The summed E-state index contributed by atoms with van der Waals surface area (Å²) in [6.45, 7) is 4.02. The smallest absolute Gasteiger partial charge is 0.306 e. The van der Waals surface area contributed by atoms with Gasteiger partial charge in [-0.2, -0.15) is 0 Å². The molecule has 0 bridgehead atoms. The molecule has 0 saturated carbocycles. The third-order valence-electron chi connectivity index (χ3n) is 10.7. The van der Waals surface area contributed by atoms with Crippen molar-refractivity contribution in [2.45, 2.75) is 193 Å². The highest BCUT2D eigenvalue weighted by molar-refractivity contribution is 7.45. The van der Waals surface area contributed by atoms with E-state index in [1.807, 2.05) is 21.1 Å². The molecule has 0 aromatic heterocycles. The van der Waals surface area contributed by atoms with Gasteiger partial charge in [0.25, 0.3) is 7.82 Å². The summed E-state index contributed by atoms with van der Waals surface area (Å²) in [6.07, 6.45) is 69.5. The van der Waals surface area contributed by atoms with Crippen molar-refractivity contribution in [1.82, 2.24) is 0 Å². The first kappa shape index (κ1) is 65.4. The molecule has 0 fully saturated rings. The van der Waals surface area contributed by atoms with Gasteiger partial charge in [-0.25, -0.2) is 0 Å². The lowest BCUT2D eigenvalue weighted by Gasteiger charge is -2.28. The van der Waals surface area contributed by atoms with E-state index in [0.717, 1.165) is 135 Å². The fraction of sp³-hybridized carbons (Fsp3) is 0.627. The van der Waals surface area contributed by atoms with Gasteiger partial charge >= 0.3 is 11.9 Å². The average molecular weight is 980 g/mol. The van der Waals surface area contributed by atoms with Gasteiger partial charge in [-0.3, -0.25) is 14.2 Å². The van der Waals surface area contributed by atoms with Gasteiger partial charge in [0.1, 0.15) is 19.8 Å². The second-order valence-electron chi connectivity index (χ2n) is 18.5. The predicted octanol–water partition coefficient (Wildman–Crippen LogP) is 15.8. The Kier molecular flexibility index (Phi) is 46.8. The highest BCUT2D eigenvalue weighted by Gasteiger charge is 2.21. The highest BCUT2D eigenvalue weighted by atomic mass is 31.2. The zero-order valence-electron chi connectivity index (χ0n) is 44.2. The normalized spacial score (nSPS) is 14.3. The van der Waals surface area contributed by atoms with Crippen molar-refractivity contribution in [2.24, 2.45) is 0 Å². The van der Waals surface area contributed by atoms with Gasteiger partial charge in [-0.1, -0.05) is 193 Å². The van der Waals surface area contributed by atoms with Crippen molar-refractivity contribution in [3.63, 3.8) is 0 Å². The van der Waals surface area contributed by atoms with Crippen LogP contribution < -0.4 is 4.89 Å². The van der Waals surface area contributed by atoms with Crippen LogP contribution in [-0.2, 0) is 32.7 Å². The lowest BCUT2D eigenvalue weighted by Crippen LogP contribution is -2.37. The first-order valence-corrected chi connectivity index (χ1v) is 28.2. The Morgan fingerprint density at radius 3 is 1.23 bits per heavy atom. The fourth-order valence-corrected chi connectivity index (χ4v) is 7.30. The molecule has 9 nitrogen and oxygen atoms in total. The van der Waals surface area contributed by atoms with Crippen LogP contribution in [0.15, 0.2) is 122 Å². The number of phosphoric ester groups is 1. The number of carbonyl (C=O) groups excluding carboxylic acids is 2. The number of ether oxygens (including phenoxy) is 2. The SMILES string of the molecule is CC/C=C\C/C=C\C/C=C\C/C=C\C/C=C\C/C=C\C/C=C\C/C=C\CCCCCCCCC(=O)OC(COC(=O)CCCCCCC/C=C\C/C=C\CCCC)COP(=O)([O-])OCC[N+](C)(C)C. The maximum absolute atomic E-state index is 12.8. The first-order valence-electron chi connectivity index (χ1n) is 26.7. The van der Waals surface area contributed by atoms with E-state index in [1.165, 1.54) is 12.8 Å². The monoisotopic (exact) mass is 980 g/mol. The molecule has 0 aliphatic rings. The van der Waals surface area contributed by atoms with Crippen molar-refractivity contribution in [3.05, 3.63) is 122 Å². The summed E-state index contributed by atoms with van der Waals surface area (Å²) in [5.74, 6) is -0.878. The van der Waals surface area contributed by atoms with E-state index in [0.29, 0.717) is 23.9 Å². The maximum Gasteiger partial charge on any atom is 0.306 e. The molecule has 0 radical (unpaired) electrons. The van der Waals surface area contributed by atoms with Crippen LogP contribution in [0.1, 0.15) is 187 Å². The summed E-state index contributed by atoms with van der Waals surface area (Å²) in [7, 11) is 1.13. The third-order valence-corrected chi connectivity index (χ3v) is 11.7. The second kappa shape index (κ2) is 49.4. The summed E-state index contributed by atoms with van der Waals surface area (Å²) in [4.78, 5) is 37.7. The highest BCUT2D eigenvalue weighted by Crippen LogP contribution is 2.38. The number of quaternary nitrogens is 1. The van der Waals surface area contributed by atoms with Crippen LogP contribution in [0.5, 0.6) is 0 Å². The molecule has 0 aliphatic heterocycles. The van der Waals surface area contributed by atoms with Crippen molar-refractivity contribution in [3.8, 4) is 0 Å². The Labute approximate surface area is 422 Å². The molecule has 2 unspecified atom stereocenters. The Morgan fingerprint density at radius 1 is 0.464 bits per heavy atom. The molecule has 0 heterocycles. The molecule has 69 heavy (non-hydrogen) atoms. The van der Waals surface area contributed by atoms with Gasteiger partial charge in [-0.05, 0) is 103 Å².